The first kappa shape index (κ1) is 14.8. The molecule has 20 heavy (non-hydrogen) atoms. The number of carbonyl (C=O) groups excluding carboxylic acids is 1. The van der Waals surface area contributed by atoms with Crippen molar-refractivity contribution in [2.45, 2.75) is 26.2 Å². The van der Waals surface area contributed by atoms with E-state index < -0.39 is 11.6 Å². The first-order valence-electron chi connectivity index (χ1n) is 7.03. The molecule has 110 valence electrons. The van der Waals surface area contributed by atoms with Crippen LogP contribution in [0.15, 0.2) is 18.2 Å². The van der Waals surface area contributed by atoms with Crippen LogP contribution in [0.3, 0.4) is 0 Å². The first-order chi connectivity index (χ1) is 9.56. The van der Waals surface area contributed by atoms with Gasteiger partial charge in [0.25, 0.3) is 0 Å². The topological polar surface area (TPSA) is 32.3 Å². The number of nitrogens with one attached hydrogen (secondary N) is 1. The van der Waals surface area contributed by atoms with E-state index in [4.69, 9.17) is 0 Å². The monoisotopic (exact) mass is 282 g/mol. The molecule has 1 aromatic rings. The minimum Gasteiger partial charge on any atom is -0.382 e. The number of piperidine rings is 1. The lowest BCUT2D eigenvalue weighted by Crippen LogP contribution is -2.38. The number of halogens is 2. The smallest absolute Gasteiger partial charge is 0.224 e. The van der Waals surface area contributed by atoms with Crippen LogP contribution < -0.4 is 5.32 Å². The number of rotatable bonds is 4. The lowest BCUT2D eigenvalue weighted by molar-refractivity contribution is -0.132. The molecule has 0 bridgehead atoms. The molecule has 0 aromatic heterocycles. The fourth-order valence-electron chi connectivity index (χ4n) is 2.35. The highest BCUT2D eigenvalue weighted by atomic mass is 19.1. The highest BCUT2D eigenvalue weighted by Gasteiger charge is 2.19. The van der Waals surface area contributed by atoms with Gasteiger partial charge in [-0.25, -0.2) is 8.78 Å². The van der Waals surface area contributed by atoms with E-state index in [0.29, 0.717) is 18.9 Å². The van der Waals surface area contributed by atoms with Gasteiger partial charge in [-0.3, -0.25) is 4.79 Å². The summed E-state index contributed by atoms with van der Waals surface area (Å²) in [5.74, 6) is -0.465. The number of anilines is 1. The van der Waals surface area contributed by atoms with Gasteiger partial charge < -0.3 is 10.2 Å². The Hall–Kier alpha value is -1.65. The number of hydrogen-bond donors (Lipinski definition) is 1. The van der Waals surface area contributed by atoms with Crippen LogP contribution >= 0.6 is 0 Å². The van der Waals surface area contributed by atoms with Crippen molar-refractivity contribution < 1.29 is 13.6 Å². The maximum absolute atomic E-state index is 13.4. The quantitative estimate of drug-likeness (QED) is 0.920. The number of likely N-dealkylation sites (tertiary alicyclic amines) is 1. The molecular weight excluding hydrogens is 262 g/mol. The van der Waals surface area contributed by atoms with Gasteiger partial charge >= 0.3 is 0 Å². The average Bonchev–Trinajstić information content (AvgIpc) is 2.42. The minimum absolute atomic E-state index is 0.0897. The van der Waals surface area contributed by atoms with Crippen molar-refractivity contribution in [1.82, 2.24) is 4.90 Å². The second kappa shape index (κ2) is 6.68. The van der Waals surface area contributed by atoms with E-state index in [1.807, 2.05) is 4.90 Å². The standard InChI is InChI=1S/C15H20F2N2O/c1-11-5-8-19(9-6-11)15(20)4-7-18-14-3-2-12(16)10-13(14)17/h2-3,10-11,18H,4-9H2,1H3. The number of benzene rings is 1. The molecule has 0 aliphatic carbocycles. The zero-order valence-electron chi connectivity index (χ0n) is 11.7. The predicted molar refractivity (Wildman–Crippen MR) is 74.4 cm³/mol. The third kappa shape index (κ3) is 3.92. The maximum Gasteiger partial charge on any atom is 0.224 e. The number of amides is 1. The molecule has 2 rings (SSSR count). The second-order valence-electron chi connectivity index (χ2n) is 5.36. The van der Waals surface area contributed by atoms with Crippen LogP contribution in [0, 0.1) is 17.6 Å². The van der Waals surface area contributed by atoms with Crippen LogP contribution in [0.1, 0.15) is 26.2 Å². The second-order valence-corrected chi connectivity index (χ2v) is 5.36. The Balaban J connectivity index is 1.76. The lowest BCUT2D eigenvalue weighted by Gasteiger charge is -2.30. The maximum atomic E-state index is 13.4. The molecule has 1 heterocycles. The lowest BCUT2D eigenvalue weighted by atomic mass is 9.99. The Bertz CT molecular complexity index is 471. The molecule has 1 amide bonds. The zero-order valence-corrected chi connectivity index (χ0v) is 11.7. The molecule has 0 radical (unpaired) electrons. The van der Waals surface area contributed by atoms with Crippen LogP contribution in [-0.2, 0) is 4.79 Å². The van der Waals surface area contributed by atoms with Gasteiger partial charge in [0, 0.05) is 32.1 Å². The first-order valence-corrected chi connectivity index (χ1v) is 7.03. The van der Waals surface area contributed by atoms with Gasteiger partial charge in [-0.2, -0.15) is 0 Å². The summed E-state index contributed by atoms with van der Waals surface area (Å²) in [5.41, 5.74) is 0.228. The van der Waals surface area contributed by atoms with Crippen molar-refractivity contribution in [2.75, 3.05) is 25.0 Å². The Morgan fingerprint density at radius 1 is 1.35 bits per heavy atom. The molecule has 1 fully saturated rings. The fraction of sp³-hybridized carbons (Fsp3) is 0.533. The molecule has 1 aliphatic rings. The Kier molecular flexibility index (Phi) is 4.93. The van der Waals surface area contributed by atoms with Crippen molar-refractivity contribution in [3.8, 4) is 0 Å². The summed E-state index contributed by atoms with van der Waals surface area (Å²) in [7, 11) is 0. The van der Waals surface area contributed by atoms with Crippen LogP contribution in [0.5, 0.6) is 0 Å². The van der Waals surface area contributed by atoms with Gasteiger partial charge in [-0.1, -0.05) is 6.92 Å². The Labute approximate surface area is 118 Å². The Morgan fingerprint density at radius 2 is 2.05 bits per heavy atom. The molecule has 3 nitrogen and oxygen atoms in total. The fourth-order valence-corrected chi connectivity index (χ4v) is 2.35. The minimum atomic E-state index is -0.635. The van der Waals surface area contributed by atoms with E-state index >= 15 is 0 Å². The van der Waals surface area contributed by atoms with Crippen LogP contribution in [0.25, 0.3) is 0 Å². The van der Waals surface area contributed by atoms with Gasteiger partial charge in [-0.05, 0) is 30.9 Å². The molecule has 1 saturated heterocycles. The zero-order chi connectivity index (χ0) is 14.5. The van der Waals surface area contributed by atoms with E-state index in [9.17, 15) is 13.6 Å². The molecule has 0 atom stereocenters. The average molecular weight is 282 g/mol. The summed E-state index contributed by atoms with van der Waals surface area (Å²) in [6.45, 7) is 4.17. The van der Waals surface area contributed by atoms with Crippen molar-refractivity contribution in [2.24, 2.45) is 5.92 Å². The van der Waals surface area contributed by atoms with E-state index in [0.717, 1.165) is 32.0 Å². The molecule has 0 spiro atoms. The number of carbonyl (C=O) groups is 1. The third-order valence-corrected chi connectivity index (χ3v) is 3.72. The van der Waals surface area contributed by atoms with E-state index in [1.54, 1.807) is 0 Å². The van der Waals surface area contributed by atoms with E-state index in [-0.39, 0.29) is 11.6 Å². The summed E-state index contributed by atoms with van der Waals surface area (Å²) < 4.78 is 26.1. The SMILES string of the molecule is CC1CCN(C(=O)CCNc2ccc(F)cc2F)CC1. The molecule has 1 aliphatic heterocycles. The molecule has 0 saturated carbocycles. The van der Waals surface area contributed by atoms with Crippen LogP contribution in [0.4, 0.5) is 14.5 Å². The summed E-state index contributed by atoms with van der Waals surface area (Å²) >= 11 is 0. The highest BCUT2D eigenvalue weighted by molar-refractivity contribution is 5.76. The van der Waals surface area contributed by atoms with Gasteiger partial charge in [0.1, 0.15) is 11.6 Å². The van der Waals surface area contributed by atoms with Crippen LogP contribution in [0.2, 0.25) is 0 Å². The van der Waals surface area contributed by atoms with Gasteiger partial charge in [0.05, 0.1) is 5.69 Å². The van der Waals surface area contributed by atoms with Crippen molar-refractivity contribution in [3.63, 3.8) is 0 Å². The third-order valence-electron chi connectivity index (χ3n) is 3.72. The van der Waals surface area contributed by atoms with E-state index in [2.05, 4.69) is 12.2 Å². The van der Waals surface area contributed by atoms with Crippen molar-refractivity contribution in [1.29, 1.82) is 0 Å². The van der Waals surface area contributed by atoms with Gasteiger partial charge in [0.2, 0.25) is 5.91 Å². The predicted octanol–water partition coefficient (Wildman–Crippen LogP) is 3.03. The summed E-state index contributed by atoms with van der Waals surface area (Å²) in [4.78, 5) is 13.8. The molecule has 1 aromatic carbocycles. The largest absolute Gasteiger partial charge is 0.382 e. The van der Waals surface area contributed by atoms with Crippen LogP contribution in [-0.4, -0.2) is 30.4 Å². The highest BCUT2D eigenvalue weighted by Crippen LogP contribution is 2.17. The Morgan fingerprint density at radius 3 is 2.70 bits per heavy atom. The summed E-state index contributed by atoms with van der Waals surface area (Å²) in [6.07, 6.45) is 2.42. The molecule has 1 N–H and O–H groups in total. The summed E-state index contributed by atoms with van der Waals surface area (Å²) in [5, 5.41) is 2.83. The van der Waals surface area contributed by atoms with Gasteiger partial charge in [0.15, 0.2) is 0 Å². The number of hydrogen-bond acceptors (Lipinski definition) is 2. The normalized spacial score (nSPS) is 16.2. The van der Waals surface area contributed by atoms with Crippen molar-refractivity contribution in [3.05, 3.63) is 29.8 Å². The van der Waals surface area contributed by atoms with Gasteiger partial charge in [-0.15, -0.1) is 0 Å². The van der Waals surface area contributed by atoms with E-state index in [1.165, 1.54) is 12.1 Å². The molecular formula is C15H20F2N2O. The van der Waals surface area contributed by atoms with Crippen molar-refractivity contribution >= 4 is 11.6 Å². The summed E-state index contributed by atoms with van der Waals surface area (Å²) in [6, 6.07) is 3.37. The molecule has 0 unspecified atom stereocenters. The number of nitrogens with zero attached hydrogens (tertiary/aromatic N) is 1. The molecule has 5 heteroatoms.